The Hall–Kier alpha value is -2.22. The topological polar surface area (TPSA) is 96.9 Å². The molecule has 0 bridgehead atoms. The van der Waals surface area contributed by atoms with E-state index < -0.39 is 10.0 Å². The Balaban J connectivity index is 2.21. The van der Waals surface area contributed by atoms with Crippen LogP contribution in [0.4, 0.5) is 11.8 Å². The summed E-state index contributed by atoms with van der Waals surface area (Å²) in [6.07, 6.45) is 5.30. The van der Waals surface area contributed by atoms with E-state index in [0.29, 0.717) is 5.82 Å². The lowest BCUT2D eigenvalue weighted by atomic mass is 10.4. The lowest BCUT2D eigenvalue weighted by Gasteiger charge is -2.08. The maximum atomic E-state index is 12.2. The van der Waals surface area contributed by atoms with Gasteiger partial charge in [0.15, 0.2) is 0 Å². The molecule has 0 saturated heterocycles. The van der Waals surface area contributed by atoms with E-state index >= 15 is 0 Å². The first kappa shape index (κ1) is 14.2. The van der Waals surface area contributed by atoms with Gasteiger partial charge in [0, 0.05) is 31.2 Å². The molecule has 7 nitrogen and oxygen atoms in total. The van der Waals surface area contributed by atoms with Gasteiger partial charge < -0.3 is 5.32 Å². The van der Waals surface area contributed by atoms with E-state index in [1.165, 1.54) is 30.7 Å². The standard InChI is InChI=1S/C12H15N5O2S/c1-2-5-13-11-9-10(4-8-14-11)20(18,19)17-12-15-6-3-7-16-12/h3-4,6-9H,2,5H2,1H3,(H,13,14)(H,15,16,17). The predicted octanol–water partition coefficient (Wildman–Crippen LogP) is 1.49. The number of rotatable bonds is 6. The fraction of sp³-hybridized carbons (Fsp3) is 0.250. The molecule has 0 unspecified atom stereocenters. The zero-order valence-electron chi connectivity index (χ0n) is 10.9. The second-order valence-corrected chi connectivity index (χ2v) is 5.66. The van der Waals surface area contributed by atoms with E-state index in [2.05, 4.69) is 25.0 Å². The van der Waals surface area contributed by atoms with E-state index in [1.54, 1.807) is 6.07 Å². The van der Waals surface area contributed by atoms with Crippen LogP contribution in [0.5, 0.6) is 0 Å². The molecule has 0 saturated carbocycles. The van der Waals surface area contributed by atoms with Crippen molar-refractivity contribution in [3.63, 3.8) is 0 Å². The normalized spacial score (nSPS) is 11.1. The largest absolute Gasteiger partial charge is 0.370 e. The molecule has 106 valence electrons. The predicted molar refractivity (Wildman–Crippen MR) is 75.9 cm³/mol. The van der Waals surface area contributed by atoms with Crippen molar-refractivity contribution in [2.24, 2.45) is 0 Å². The van der Waals surface area contributed by atoms with Crippen LogP contribution in [0.15, 0.2) is 41.7 Å². The van der Waals surface area contributed by atoms with E-state index in [-0.39, 0.29) is 10.8 Å². The summed E-state index contributed by atoms with van der Waals surface area (Å²) in [6, 6.07) is 4.50. The van der Waals surface area contributed by atoms with Crippen LogP contribution in [0.2, 0.25) is 0 Å². The van der Waals surface area contributed by atoms with Gasteiger partial charge in [-0.1, -0.05) is 6.92 Å². The van der Waals surface area contributed by atoms with Crippen molar-refractivity contribution in [3.8, 4) is 0 Å². The van der Waals surface area contributed by atoms with Gasteiger partial charge in [-0.25, -0.2) is 28.1 Å². The van der Waals surface area contributed by atoms with Crippen molar-refractivity contribution in [2.45, 2.75) is 18.2 Å². The quantitative estimate of drug-likeness (QED) is 0.837. The van der Waals surface area contributed by atoms with E-state index in [0.717, 1.165) is 13.0 Å². The molecule has 0 spiro atoms. The Morgan fingerprint density at radius 3 is 2.60 bits per heavy atom. The van der Waals surface area contributed by atoms with Gasteiger partial charge in [0.05, 0.1) is 4.90 Å². The second kappa shape index (κ2) is 6.29. The second-order valence-electron chi connectivity index (χ2n) is 3.98. The zero-order chi connectivity index (χ0) is 14.4. The summed E-state index contributed by atoms with van der Waals surface area (Å²) in [7, 11) is -3.72. The van der Waals surface area contributed by atoms with Gasteiger partial charge in [-0.05, 0) is 18.6 Å². The fourth-order valence-electron chi connectivity index (χ4n) is 1.46. The van der Waals surface area contributed by atoms with Crippen LogP contribution in [0, 0.1) is 0 Å². The molecule has 0 atom stereocenters. The van der Waals surface area contributed by atoms with E-state index in [4.69, 9.17) is 0 Å². The maximum Gasteiger partial charge on any atom is 0.264 e. The number of anilines is 2. The third-order valence-electron chi connectivity index (χ3n) is 2.39. The number of sulfonamides is 1. The molecule has 0 fully saturated rings. The number of pyridine rings is 1. The summed E-state index contributed by atoms with van der Waals surface area (Å²) in [5, 5.41) is 3.04. The molecule has 2 rings (SSSR count). The van der Waals surface area contributed by atoms with Crippen LogP contribution in [-0.4, -0.2) is 29.9 Å². The average molecular weight is 293 g/mol. The number of aromatic nitrogens is 3. The zero-order valence-corrected chi connectivity index (χ0v) is 11.8. The van der Waals surface area contributed by atoms with Gasteiger partial charge in [-0.2, -0.15) is 0 Å². The fourth-order valence-corrected chi connectivity index (χ4v) is 2.43. The van der Waals surface area contributed by atoms with Crippen molar-refractivity contribution >= 4 is 21.8 Å². The van der Waals surface area contributed by atoms with E-state index in [1.807, 2.05) is 6.92 Å². The van der Waals surface area contributed by atoms with Crippen LogP contribution in [-0.2, 0) is 10.0 Å². The summed E-state index contributed by atoms with van der Waals surface area (Å²) in [4.78, 5) is 11.8. The molecule has 0 aliphatic heterocycles. The van der Waals surface area contributed by atoms with Gasteiger partial charge in [-0.15, -0.1) is 0 Å². The number of nitrogens with one attached hydrogen (secondary N) is 2. The van der Waals surface area contributed by atoms with Gasteiger partial charge in [0.1, 0.15) is 5.82 Å². The summed E-state index contributed by atoms with van der Waals surface area (Å²) in [6.45, 7) is 2.74. The van der Waals surface area contributed by atoms with Crippen LogP contribution in [0.1, 0.15) is 13.3 Å². The smallest absolute Gasteiger partial charge is 0.264 e. The molecule has 0 aromatic carbocycles. The molecule has 2 heterocycles. The minimum Gasteiger partial charge on any atom is -0.370 e. The molecule has 2 N–H and O–H groups in total. The third-order valence-corrected chi connectivity index (χ3v) is 3.72. The highest BCUT2D eigenvalue weighted by atomic mass is 32.2. The molecule has 0 aliphatic carbocycles. The van der Waals surface area contributed by atoms with E-state index in [9.17, 15) is 8.42 Å². The van der Waals surface area contributed by atoms with Gasteiger partial charge in [0.2, 0.25) is 5.95 Å². The van der Waals surface area contributed by atoms with Crippen molar-refractivity contribution in [1.29, 1.82) is 0 Å². The number of nitrogens with zero attached hydrogens (tertiary/aromatic N) is 3. The molecule has 20 heavy (non-hydrogen) atoms. The monoisotopic (exact) mass is 293 g/mol. The highest BCUT2D eigenvalue weighted by Gasteiger charge is 2.16. The highest BCUT2D eigenvalue weighted by Crippen LogP contribution is 2.15. The summed E-state index contributed by atoms with van der Waals surface area (Å²) in [5.74, 6) is 0.552. The average Bonchev–Trinajstić information content (AvgIpc) is 2.46. The number of hydrogen-bond donors (Lipinski definition) is 2. The summed E-state index contributed by atoms with van der Waals surface area (Å²) in [5.41, 5.74) is 0. The number of hydrogen-bond acceptors (Lipinski definition) is 6. The molecule has 2 aromatic rings. The van der Waals surface area contributed by atoms with Crippen LogP contribution in [0.25, 0.3) is 0 Å². The SMILES string of the molecule is CCCNc1cc(S(=O)(=O)Nc2ncccn2)ccn1. The first-order valence-corrected chi connectivity index (χ1v) is 7.60. The Labute approximate surface area is 117 Å². The molecule has 0 radical (unpaired) electrons. The van der Waals surface area contributed by atoms with Crippen molar-refractivity contribution in [3.05, 3.63) is 36.8 Å². The van der Waals surface area contributed by atoms with Gasteiger partial charge in [0.25, 0.3) is 10.0 Å². The lowest BCUT2D eigenvalue weighted by Crippen LogP contribution is -2.15. The Morgan fingerprint density at radius 1 is 1.15 bits per heavy atom. The summed E-state index contributed by atoms with van der Waals surface area (Å²) < 4.78 is 26.7. The highest BCUT2D eigenvalue weighted by molar-refractivity contribution is 7.92. The molecule has 0 aliphatic rings. The third kappa shape index (κ3) is 3.64. The Bertz CT molecular complexity index is 661. The summed E-state index contributed by atoms with van der Waals surface area (Å²) >= 11 is 0. The lowest BCUT2D eigenvalue weighted by molar-refractivity contribution is 0.600. The van der Waals surface area contributed by atoms with Gasteiger partial charge >= 0.3 is 0 Å². The van der Waals surface area contributed by atoms with Crippen molar-refractivity contribution < 1.29 is 8.42 Å². The molecule has 0 amide bonds. The van der Waals surface area contributed by atoms with Crippen molar-refractivity contribution in [2.75, 3.05) is 16.6 Å². The minimum atomic E-state index is -3.72. The van der Waals surface area contributed by atoms with Crippen LogP contribution >= 0.6 is 0 Å². The first-order valence-electron chi connectivity index (χ1n) is 6.11. The Kier molecular flexibility index (Phi) is 4.46. The van der Waals surface area contributed by atoms with Gasteiger partial charge in [-0.3, -0.25) is 0 Å². The minimum absolute atomic E-state index is 0.0346. The maximum absolute atomic E-state index is 12.2. The molecule has 2 aromatic heterocycles. The van der Waals surface area contributed by atoms with Crippen molar-refractivity contribution in [1.82, 2.24) is 15.0 Å². The molecule has 8 heteroatoms. The first-order chi connectivity index (χ1) is 9.62. The van der Waals surface area contributed by atoms with Crippen LogP contribution < -0.4 is 10.0 Å². The molecular formula is C12H15N5O2S. The van der Waals surface area contributed by atoms with Crippen LogP contribution in [0.3, 0.4) is 0 Å². The molecular weight excluding hydrogens is 278 g/mol. The Morgan fingerprint density at radius 2 is 1.90 bits per heavy atom.